The molecule has 0 bridgehead atoms. The van der Waals surface area contributed by atoms with Gasteiger partial charge in [0.1, 0.15) is 4.66 Å². The van der Waals surface area contributed by atoms with Crippen LogP contribution in [-0.4, -0.2) is 51.7 Å². The van der Waals surface area contributed by atoms with Crippen LogP contribution in [0.25, 0.3) is 0 Å². The van der Waals surface area contributed by atoms with Crippen molar-refractivity contribution in [2.75, 3.05) is 43.3 Å². The molecule has 1 aromatic carbocycles. The minimum Gasteiger partial charge on any atom is -0.378 e. The fraction of sp³-hybridized carbons (Fsp3) is 0.600. The van der Waals surface area contributed by atoms with Gasteiger partial charge in [-0.3, -0.25) is 4.90 Å². The van der Waals surface area contributed by atoms with Gasteiger partial charge in [0.15, 0.2) is 0 Å². The Bertz CT molecular complexity index is 569. The standard InChI is InChI=1S/C15H24BrN3O2S/c1-18(2)14-7-5-13(6-8-14)15(19-9-3-4-10-19)11-17-22(20,21)12-16/h5-8,15,17H,3-4,9-12H2,1-2H3/t15-/m1/s1. The van der Waals surface area contributed by atoms with Gasteiger partial charge in [-0.15, -0.1) is 0 Å². The van der Waals surface area contributed by atoms with Crippen molar-refractivity contribution in [2.45, 2.75) is 18.9 Å². The van der Waals surface area contributed by atoms with Gasteiger partial charge >= 0.3 is 0 Å². The highest BCUT2D eigenvalue weighted by atomic mass is 79.9. The van der Waals surface area contributed by atoms with E-state index >= 15 is 0 Å². The van der Waals surface area contributed by atoms with Crippen LogP contribution in [0, 0.1) is 0 Å². The lowest BCUT2D eigenvalue weighted by Crippen LogP contribution is -2.37. The van der Waals surface area contributed by atoms with Gasteiger partial charge in [0.2, 0.25) is 10.0 Å². The first-order valence-electron chi connectivity index (χ1n) is 7.47. The van der Waals surface area contributed by atoms with Crippen LogP contribution in [0.5, 0.6) is 0 Å². The third kappa shape index (κ3) is 4.68. The van der Waals surface area contributed by atoms with Crippen LogP contribution >= 0.6 is 15.9 Å². The average Bonchev–Trinajstić information content (AvgIpc) is 3.02. The van der Waals surface area contributed by atoms with Gasteiger partial charge in [-0.05, 0) is 43.6 Å². The molecule has 7 heteroatoms. The quantitative estimate of drug-likeness (QED) is 0.725. The van der Waals surface area contributed by atoms with E-state index in [2.05, 4.69) is 54.7 Å². The lowest BCUT2D eigenvalue weighted by Gasteiger charge is -2.28. The summed E-state index contributed by atoms with van der Waals surface area (Å²) in [6.07, 6.45) is 2.36. The summed E-state index contributed by atoms with van der Waals surface area (Å²) < 4.78 is 26.1. The lowest BCUT2D eigenvalue weighted by molar-refractivity contribution is 0.246. The molecule has 1 heterocycles. The predicted molar refractivity (Wildman–Crippen MR) is 95.0 cm³/mol. The molecule has 0 radical (unpaired) electrons. The predicted octanol–water partition coefficient (Wildman–Crippen LogP) is 2.16. The van der Waals surface area contributed by atoms with Crippen LogP contribution in [0.4, 0.5) is 5.69 Å². The number of hydrogen-bond acceptors (Lipinski definition) is 4. The maximum atomic E-state index is 11.7. The van der Waals surface area contributed by atoms with Crippen molar-refractivity contribution in [1.29, 1.82) is 0 Å². The Hall–Kier alpha value is -0.630. The molecule has 5 nitrogen and oxygen atoms in total. The molecule has 1 fully saturated rings. The van der Waals surface area contributed by atoms with E-state index in [4.69, 9.17) is 0 Å². The van der Waals surface area contributed by atoms with Crippen molar-refractivity contribution in [1.82, 2.24) is 9.62 Å². The van der Waals surface area contributed by atoms with Gasteiger partial charge in [0.25, 0.3) is 0 Å². The molecule has 1 aromatic rings. The van der Waals surface area contributed by atoms with E-state index in [0.717, 1.165) is 24.3 Å². The summed E-state index contributed by atoms with van der Waals surface area (Å²) in [4.78, 5) is 4.42. The van der Waals surface area contributed by atoms with E-state index in [1.54, 1.807) is 0 Å². The molecule has 1 aliphatic rings. The summed E-state index contributed by atoms with van der Waals surface area (Å²) in [5.41, 5.74) is 2.30. The molecule has 1 atom stereocenters. The average molecular weight is 390 g/mol. The molecule has 0 unspecified atom stereocenters. The molecule has 1 aliphatic heterocycles. The van der Waals surface area contributed by atoms with Crippen LogP contribution in [0.2, 0.25) is 0 Å². The Labute approximate surface area is 141 Å². The summed E-state index contributed by atoms with van der Waals surface area (Å²) in [7, 11) is 0.780. The Morgan fingerprint density at radius 1 is 1.23 bits per heavy atom. The van der Waals surface area contributed by atoms with E-state index in [1.165, 1.54) is 12.8 Å². The fourth-order valence-corrected chi connectivity index (χ4v) is 3.72. The zero-order valence-corrected chi connectivity index (χ0v) is 15.5. The third-order valence-corrected chi connectivity index (χ3v) is 6.72. The van der Waals surface area contributed by atoms with E-state index in [1.807, 2.05) is 14.1 Å². The summed E-state index contributed by atoms with van der Waals surface area (Å²) in [5.74, 6) is 0. The summed E-state index contributed by atoms with van der Waals surface area (Å²) >= 11 is 3.02. The number of alkyl halides is 1. The monoisotopic (exact) mass is 389 g/mol. The zero-order valence-electron chi connectivity index (χ0n) is 13.1. The third-order valence-electron chi connectivity index (χ3n) is 4.02. The van der Waals surface area contributed by atoms with E-state index < -0.39 is 10.0 Å². The molecule has 0 spiro atoms. The van der Waals surface area contributed by atoms with Crippen molar-refractivity contribution in [3.8, 4) is 0 Å². The maximum absolute atomic E-state index is 11.7. The van der Waals surface area contributed by atoms with Crippen LogP contribution < -0.4 is 9.62 Å². The highest BCUT2D eigenvalue weighted by Crippen LogP contribution is 2.26. The van der Waals surface area contributed by atoms with E-state index in [0.29, 0.717) is 6.54 Å². The lowest BCUT2D eigenvalue weighted by atomic mass is 10.1. The zero-order chi connectivity index (χ0) is 16.2. The number of likely N-dealkylation sites (tertiary alicyclic amines) is 1. The van der Waals surface area contributed by atoms with Crippen LogP contribution in [-0.2, 0) is 10.0 Å². The molecule has 0 saturated carbocycles. The van der Waals surface area contributed by atoms with Crippen LogP contribution in [0.15, 0.2) is 24.3 Å². The SMILES string of the molecule is CN(C)c1ccc([C@@H](CNS(=O)(=O)CBr)N2CCCC2)cc1. The highest BCUT2D eigenvalue weighted by molar-refractivity contribution is 9.10. The van der Waals surface area contributed by atoms with Crippen LogP contribution in [0.1, 0.15) is 24.4 Å². The van der Waals surface area contributed by atoms with Gasteiger partial charge in [-0.25, -0.2) is 13.1 Å². The molecule has 0 aromatic heterocycles. The summed E-state index contributed by atoms with van der Waals surface area (Å²) in [5, 5.41) is 0. The molecular formula is C15H24BrN3O2S. The fourth-order valence-electron chi connectivity index (χ4n) is 2.75. The molecule has 22 heavy (non-hydrogen) atoms. The summed E-state index contributed by atoms with van der Waals surface area (Å²) in [6, 6.07) is 8.45. The first-order chi connectivity index (χ1) is 10.4. The smallest absolute Gasteiger partial charge is 0.221 e. The molecular weight excluding hydrogens is 366 g/mol. The molecule has 0 amide bonds. The van der Waals surface area contributed by atoms with Gasteiger partial charge in [0.05, 0.1) is 0 Å². The number of nitrogens with zero attached hydrogens (tertiary/aromatic N) is 2. The topological polar surface area (TPSA) is 52.7 Å². The number of rotatable bonds is 7. The van der Waals surface area contributed by atoms with Gasteiger partial charge < -0.3 is 4.90 Å². The van der Waals surface area contributed by atoms with Gasteiger partial charge in [-0.2, -0.15) is 0 Å². The highest BCUT2D eigenvalue weighted by Gasteiger charge is 2.24. The number of nitrogens with one attached hydrogen (secondary N) is 1. The van der Waals surface area contributed by atoms with Gasteiger partial charge in [0, 0.05) is 32.4 Å². The van der Waals surface area contributed by atoms with Crippen molar-refractivity contribution in [2.24, 2.45) is 0 Å². The normalized spacial score (nSPS) is 17.6. The number of sulfonamides is 1. The molecule has 0 aliphatic carbocycles. The van der Waals surface area contributed by atoms with E-state index in [9.17, 15) is 8.42 Å². The first-order valence-corrected chi connectivity index (χ1v) is 10.2. The molecule has 1 N–H and O–H groups in total. The van der Waals surface area contributed by atoms with Crippen LogP contribution in [0.3, 0.4) is 0 Å². The minimum absolute atomic E-state index is 0.0632. The molecule has 1 saturated heterocycles. The second-order valence-electron chi connectivity index (χ2n) is 5.82. The largest absolute Gasteiger partial charge is 0.378 e. The Kier molecular flexibility index (Phi) is 6.26. The van der Waals surface area contributed by atoms with Crippen molar-refractivity contribution >= 4 is 31.6 Å². The minimum atomic E-state index is -3.24. The number of hydrogen-bond donors (Lipinski definition) is 1. The second kappa shape index (κ2) is 7.77. The maximum Gasteiger partial charge on any atom is 0.221 e. The van der Waals surface area contributed by atoms with E-state index in [-0.39, 0.29) is 10.7 Å². The molecule has 124 valence electrons. The first kappa shape index (κ1) is 17.7. The van der Waals surface area contributed by atoms with Crippen molar-refractivity contribution in [3.05, 3.63) is 29.8 Å². The Morgan fingerprint density at radius 3 is 2.32 bits per heavy atom. The van der Waals surface area contributed by atoms with Crippen molar-refractivity contribution < 1.29 is 8.42 Å². The number of benzene rings is 1. The summed E-state index contributed by atoms with van der Waals surface area (Å²) in [6.45, 7) is 2.46. The van der Waals surface area contributed by atoms with Crippen molar-refractivity contribution in [3.63, 3.8) is 0 Å². The number of anilines is 1. The Balaban J connectivity index is 2.16. The molecule has 2 rings (SSSR count). The Morgan fingerprint density at radius 2 is 1.82 bits per heavy atom. The second-order valence-corrected chi connectivity index (χ2v) is 8.93. The van der Waals surface area contributed by atoms with Gasteiger partial charge in [-0.1, -0.05) is 28.1 Å². The number of halogens is 1.